The third-order valence-corrected chi connectivity index (χ3v) is 32.5. The standard InChI is InChI=1S/2C26H19Cl2O2.C2H6Si.2ClH.Zr/c2*1-3-15-8-9-16-10-19(25-20-7-5-4-6-17(20)14-30-25)11-21(16)24(15)18-12-22(27)26(29-2)23(28)13-18;1-3-2;;;/h2*4-14H,3H2,1-2H3;1-2H3;2*1H;/q2*-1;;;;+2/p-2. The minimum absolute atomic E-state index is 0.224. The van der Waals surface area contributed by atoms with Gasteiger partial charge in [-0.05, 0) is 70.1 Å². The van der Waals surface area contributed by atoms with Gasteiger partial charge in [0.15, 0.2) is 11.5 Å². The molecule has 0 spiro atoms. The Balaban J connectivity index is 0.000000160. The molecule has 0 atom stereocenters. The molecule has 2 aromatic heterocycles. The number of furan rings is 2. The van der Waals surface area contributed by atoms with E-state index in [0.717, 1.165) is 101 Å². The van der Waals surface area contributed by atoms with E-state index in [4.69, 9.17) is 81.7 Å². The Morgan fingerprint density at radius 3 is 1.23 bits per heavy atom. The topological polar surface area (TPSA) is 44.7 Å². The summed E-state index contributed by atoms with van der Waals surface area (Å²) in [5, 5.41) is 11.0. The molecule has 336 valence electrons. The Hall–Kier alpha value is -3.94. The molecule has 0 amide bonds. The summed E-state index contributed by atoms with van der Waals surface area (Å²) in [6.45, 7) is 8.64. The first-order valence-electron chi connectivity index (χ1n) is 21.3. The first kappa shape index (κ1) is 48.5. The van der Waals surface area contributed by atoms with Gasteiger partial charge in [-0.1, -0.05) is 143 Å². The van der Waals surface area contributed by atoms with Gasteiger partial charge in [0.2, 0.25) is 0 Å². The van der Waals surface area contributed by atoms with Gasteiger partial charge in [-0.25, -0.2) is 0 Å². The van der Waals surface area contributed by atoms with Gasteiger partial charge in [-0.3, -0.25) is 0 Å². The molecule has 2 heterocycles. The maximum absolute atomic E-state index is 6.46. The Labute approximate surface area is 419 Å². The van der Waals surface area contributed by atoms with Gasteiger partial charge in [0.1, 0.15) is 0 Å². The summed E-state index contributed by atoms with van der Waals surface area (Å²) >= 11 is 24.2. The van der Waals surface area contributed by atoms with Crippen molar-refractivity contribution in [3.8, 4) is 56.4 Å². The first-order valence-corrected chi connectivity index (χ1v) is 35.3. The van der Waals surface area contributed by atoms with Crippen molar-refractivity contribution in [3.05, 3.63) is 165 Å². The summed E-state index contributed by atoms with van der Waals surface area (Å²) in [5.74, 6) is 2.77. The number of aryl methyl sites for hydroxylation is 2. The number of methoxy groups -OCH3 is 2. The zero-order valence-electron chi connectivity index (χ0n) is 37.0. The average Bonchev–Trinajstić information content (AvgIpc) is 4.13. The molecule has 0 saturated heterocycles. The van der Waals surface area contributed by atoms with Crippen molar-refractivity contribution in [2.75, 3.05) is 14.2 Å². The molecule has 0 unspecified atom stereocenters. The van der Waals surface area contributed by atoms with Gasteiger partial charge >= 0.3 is 53.5 Å². The fourth-order valence-corrected chi connectivity index (χ4v) is 9.70. The molecule has 0 bridgehead atoms. The normalized spacial score (nSPS) is 11.2. The van der Waals surface area contributed by atoms with Crippen LogP contribution >= 0.6 is 63.4 Å². The average molecular weight is 1090 g/mol. The van der Waals surface area contributed by atoms with Gasteiger partial charge in [-0.2, -0.15) is 0 Å². The van der Waals surface area contributed by atoms with Crippen molar-refractivity contribution < 1.29 is 36.3 Å². The molecule has 0 aliphatic carbocycles. The molecular formula is C54H44Cl6O4SiZr-2. The van der Waals surface area contributed by atoms with E-state index >= 15 is 0 Å². The quantitative estimate of drug-likeness (QED) is 0.112. The van der Waals surface area contributed by atoms with Crippen LogP contribution in [0.15, 0.2) is 143 Å². The molecule has 0 N–H and O–H groups in total. The molecule has 0 aliphatic rings. The van der Waals surface area contributed by atoms with Crippen LogP contribution in [-0.2, 0) is 30.8 Å². The maximum atomic E-state index is 6.46. The summed E-state index contributed by atoms with van der Waals surface area (Å²) in [7, 11) is 14.4. The van der Waals surface area contributed by atoms with Crippen molar-refractivity contribution in [2.45, 2.75) is 39.8 Å². The predicted molar refractivity (Wildman–Crippen MR) is 281 cm³/mol. The van der Waals surface area contributed by atoms with Crippen molar-refractivity contribution in [2.24, 2.45) is 0 Å². The second-order valence-electron chi connectivity index (χ2n) is 15.9. The van der Waals surface area contributed by atoms with Gasteiger partial charge in [0.25, 0.3) is 0 Å². The molecule has 10 aromatic rings. The first-order chi connectivity index (χ1) is 31.8. The van der Waals surface area contributed by atoms with Crippen molar-refractivity contribution >= 4 is 112 Å². The van der Waals surface area contributed by atoms with Crippen LogP contribution < -0.4 is 9.47 Å². The molecule has 12 heteroatoms. The second-order valence-corrected chi connectivity index (χ2v) is 40.5. The van der Waals surface area contributed by atoms with Gasteiger partial charge in [0.05, 0.1) is 58.4 Å². The van der Waals surface area contributed by atoms with Crippen molar-refractivity contribution in [1.29, 1.82) is 0 Å². The predicted octanol–water partition coefficient (Wildman–Crippen LogP) is 19.2. The SMILES string of the molecule is CCc1ccc2[cH-]c(-c3occ4ccccc34)cc2c1-c1cc(Cl)c(OC)c(Cl)c1.CCc1ccc2[cH-]c(-c3occ4ccccc34)cc2c1-c1cc(Cl)c(OC)c(Cl)c1.C[Si](C)=[Zr]([Cl])[Cl]. The van der Waals surface area contributed by atoms with E-state index in [9.17, 15) is 0 Å². The number of rotatable bonds is 8. The Kier molecular flexibility index (Phi) is 15.5. The third-order valence-electron chi connectivity index (χ3n) is 11.6. The summed E-state index contributed by atoms with van der Waals surface area (Å²) in [5.41, 5.74) is 8.62. The van der Waals surface area contributed by atoms with E-state index in [1.807, 2.05) is 61.1 Å². The van der Waals surface area contributed by atoms with Crippen LogP contribution in [0, 0.1) is 0 Å². The Bertz CT molecular complexity index is 3150. The molecule has 8 aromatic carbocycles. The summed E-state index contributed by atoms with van der Waals surface area (Å²) in [6, 6.07) is 41.5. The van der Waals surface area contributed by atoms with E-state index in [2.05, 4.69) is 99.7 Å². The summed E-state index contributed by atoms with van der Waals surface area (Å²) < 4.78 is 22.5. The van der Waals surface area contributed by atoms with E-state index < -0.39 is 18.0 Å². The van der Waals surface area contributed by atoms with Gasteiger partial charge in [0, 0.05) is 10.8 Å². The van der Waals surface area contributed by atoms with Crippen molar-refractivity contribution in [3.63, 3.8) is 0 Å². The minimum atomic E-state index is -1.65. The van der Waals surface area contributed by atoms with Gasteiger partial charge < -0.3 is 18.3 Å². The van der Waals surface area contributed by atoms with Crippen molar-refractivity contribution in [1.82, 2.24) is 0 Å². The monoisotopic (exact) mass is 1080 g/mol. The molecule has 4 nitrogen and oxygen atoms in total. The number of hydrogen-bond donors (Lipinski definition) is 0. The van der Waals surface area contributed by atoms with Crippen LogP contribution in [0.2, 0.25) is 33.2 Å². The number of fused-ring (bicyclic) bond motifs is 4. The van der Waals surface area contributed by atoms with E-state index in [1.54, 1.807) is 14.2 Å². The third kappa shape index (κ3) is 9.82. The fourth-order valence-electron chi connectivity index (χ4n) is 8.42. The number of halogens is 6. The van der Waals surface area contributed by atoms with Crippen LogP contribution in [0.3, 0.4) is 0 Å². The fraction of sp³-hybridized carbons (Fsp3) is 0.148. The Morgan fingerprint density at radius 2 is 0.894 bits per heavy atom. The second kappa shape index (κ2) is 21.1. The molecule has 0 aliphatic heterocycles. The van der Waals surface area contributed by atoms with E-state index in [-0.39, 0.29) is 5.43 Å². The molecule has 0 saturated carbocycles. The van der Waals surface area contributed by atoms with Gasteiger partial charge in [-0.15, -0.1) is 57.9 Å². The van der Waals surface area contributed by atoms with Crippen LogP contribution in [0.5, 0.6) is 11.5 Å². The van der Waals surface area contributed by atoms with Crippen LogP contribution in [0.25, 0.3) is 88.0 Å². The molecule has 10 rings (SSSR count). The Morgan fingerprint density at radius 1 is 0.530 bits per heavy atom. The molecule has 0 radical (unpaired) electrons. The molecule has 66 heavy (non-hydrogen) atoms. The summed E-state index contributed by atoms with van der Waals surface area (Å²) in [4.78, 5) is 0. The zero-order valence-corrected chi connectivity index (χ0v) is 45.0. The molecular weight excluding hydrogens is 1040 g/mol. The zero-order chi connectivity index (χ0) is 46.8. The van der Waals surface area contributed by atoms with Crippen LogP contribution in [-0.4, -0.2) is 19.7 Å². The number of ether oxygens (including phenoxy) is 2. The number of benzene rings is 6. The van der Waals surface area contributed by atoms with Crippen LogP contribution in [0.4, 0.5) is 0 Å². The summed E-state index contributed by atoms with van der Waals surface area (Å²) in [6.07, 6.45) is 5.42. The van der Waals surface area contributed by atoms with E-state index in [1.165, 1.54) is 11.1 Å². The molecule has 0 fully saturated rings. The number of hydrogen-bond acceptors (Lipinski definition) is 4. The van der Waals surface area contributed by atoms with Crippen LogP contribution in [0.1, 0.15) is 25.0 Å². The van der Waals surface area contributed by atoms with E-state index in [0.29, 0.717) is 31.6 Å².